The minimum atomic E-state index is -0.183. The molecule has 2 atom stereocenters. The first-order valence-electron chi connectivity index (χ1n) is 7.51. The molecule has 0 spiro atoms. The fourth-order valence-corrected chi connectivity index (χ4v) is 5.43. The molecule has 1 aromatic rings. The Bertz CT molecular complexity index is 505. The molecule has 2 heterocycles. The number of halogens is 1. The fourth-order valence-electron chi connectivity index (χ4n) is 3.60. The van der Waals surface area contributed by atoms with Crippen molar-refractivity contribution >= 4 is 17.5 Å². The summed E-state index contributed by atoms with van der Waals surface area (Å²) in [6.45, 7) is 3.48. The van der Waals surface area contributed by atoms with Crippen LogP contribution in [0.5, 0.6) is 0 Å². The molecule has 3 heteroatoms. The van der Waals surface area contributed by atoms with Gasteiger partial charge in [-0.15, -0.1) is 0 Å². The van der Waals surface area contributed by atoms with E-state index in [1.54, 1.807) is 26.0 Å². The van der Waals surface area contributed by atoms with Gasteiger partial charge in [-0.25, -0.2) is 4.39 Å². The van der Waals surface area contributed by atoms with Gasteiger partial charge in [0, 0.05) is 22.0 Å². The molecular formula is C17H21FOS. The predicted molar refractivity (Wildman–Crippen MR) is 81.9 cm³/mol. The summed E-state index contributed by atoms with van der Waals surface area (Å²) in [5.41, 5.74) is 1.87. The van der Waals surface area contributed by atoms with Crippen molar-refractivity contribution in [2.45, 2.75) is 56.5 Å². The van der Waals surface area contributed by atoms with Gasteiger partial charge in [-0.1, -0.05) is 6.42 Å². The second-order valence-electron chi connectivity index (χ2n) is 6.27. The Labute approximate surface area is 124 Å². The Morgan fingerprint density at radius 3 is 2.25 bits per heavy atom. The average Bonchev–Trinajstić information content (AvgIpc) is 2.43. The lowest BCUT2D eigenvalue weighted by atomic mass is 9.84. The van der Waals surface area contributed by atoms with Crippen molar-refractivity contribution in [3.8, 4) is 0 Å². The number of hydrogen-bond acceptors (Lipinski definition) is 2. The van der Waals surface area contributed by atoms with Crippen LogP contribution in [-0.2, 0) is 0 Å². The summed E-state index contributed by atoms with van der Waals surface area (Å²) in [6, 6.07) is 3.45. The highest BCUT2D eigenvalue weighted by Gasteiger charge is 2.36. The SMILES string of the molecule is Cc1cc(C(=O)C2CC3CCCC(C2)S3)cc(C)c1F. The Morgan fingerprint density at radius 1 is 1.15 bits per heavy atom. The van der Waals surface area contributed by atoms with Crippen molar-refractivity contribution < 1.29 is 9.18 Å². The molecule has 0 amide bonds. The molecule has 0 saturated carbocycles. The van der Waals surface area contributed by atoms with Gasteiger partial charge in [-0.3, -0.25) is 4.79 Å². The van der Waals surface area contributed by atoms with Crippen LogP contribution < -0.4 is 0 Å². The smallest absolute Gasteiger partial charge is 0.166 e. The molecule has 2 saturated heterocycles. The van der Waals surface area contributed by atoms with E-state index in [1.807, 2.05) is 0 Å². The van der Waals surface area contributed by atoms with Crippen LogP contribution in [-0.4, -0.2) is 16.3 Å². The van der Waals surface area contributed by atoms with Crippen molar-refractivity contribution in [3.05, 3.63) is 34.6 Å². The summed E-state index contributed by atoms with van der Waals surface area (Å²) in [5, 5.41) is 1.33. The van der Waals surface area contributed by atoms with Gasteiger partial charge in [-0.2, -0.15) is 11.8 Å². The third-order valence-corrected chi connectivity index (χ3v) is 6.25. The van der Waals surface area contributed by atoms with Crippen LogP contribution in [0.3, 0.4) is 0 Å². The lowest BCUT2D eigenvalue weighted by molar-refractivity contribution is 0.0896. The monoisotopic (exact) mass is 292 g/mol. The third kappa shape index (κ3) is 2.65. The molecule has 108 valence electrons. The number of carbonyl (C=O) groups is 1. The van der Waals surface area contributed by atoms with E-state index >= 15 is 0 Å². The first-order chi connectivity index (χ1) is 9.54. The van der Waals surface area contributed by atoms with Crippen LogP contribution in [0, 0.1) is 25.6 Å². The zero-order chi connectivity index (χ0) is 14.3. The number of thioether (sulfide) groups is 1. The van der Waals surface area contributed by atoms with Gasteiger partial charge in [0.15, 0.2) is 5.78 Å². The molecular weight excluding hydrogens is 271 g/mol. The number of Topliss-reactive ketones (excluding diaryl/α,β-unsaturated/α-hetero) is 1. The number of hydrogen-bond donors (Lipinski definition) is 0. The zero-order valence-corrected chi connectivity index (χ0v) is 12.9. The molecule has 2 unspecified atom stereocenters. The second-order valence-corrected chi connectivity index (χ2v) is 7.87. The van der Waals surface area contributed by atoms with E-state index in [2.05, 4.69) is 11.8 Å². The standard InChI is InChI=1S/C17H21FOS/c1-10-6-12(7-11(2)16(10)18)17(19)13-8-14-4-3-5-15(9-13)20-14/h6-7,13-15H,3-5,8-9H2,1-2H3. The van der Waals surface area contributed by atoms with E-state index in [9.17, 15) is 9.18 Å². The number of aryl methyl sites for hydroxylation is 2. The highest BCUT2D eigenvalue weighted by atomic mass is 32.2. The van der Waals surface area contributed by atoms with Crippen molar-refractivity contribution in [3.63, 3.8) is 0 Å². The van der Waals surface area contributed by atoms with E-state index in [1.165, 1.54) is 19.3 Å². The van der Waals surface area contributed by atoms with Gasteiger partial charge in [0.25, 0.3) is 0 Å². The molecule has 1 aromatic carbocycles. The maximum atomic E-state index is 13.7. The summed E-state index contributed by atoms with van der Waals surface area (Å²) in [7, 11) is 0. The molecule has 2 fully saturated rings. The average molecular weight is 292 g/mol. The number of rotatable bonds is 2. The lowest BCUT2D eigenvalue weighted by Gasteiger charge is -2.38. The van der Waals surface area contributed by atoms with E-state index in [0.717, 1.165) is 12.8 Å². The van der Waals surface area contributed by atoms with Gasteiger partial charge in [0.1, 0.15) is 5.82 Å². The van der Waals surface area contributed by atoms with Crippen molar-refractivity contribution in [1.29, 1.82) is 0 Å². The highest BCUT2D eigenvalue weighted by Crippen LogP contribution is 2.44. The van der Waals surface area contributed by atoms with Crippen molar-refractivity contribution in [1.82, 2.24) is 0 Å². The molecule has 3 rings (SSSR count). The lowest BCUT2D eigenvalue weighted by Crippen LogP contribution is -2.33. The minimum Gasteiger partial charge on any atom is -0.294 e. The summed E-state index contributed by atoms with van der Waals surface area (Å²) in [6.07, 6.45) is 5.85. The summed E-state index contributed by atoms with van der Waals surface area (Å²) in [5.74, 6) is 0.196. The topological polar surface area (TPSA) is 17.1 Å². The van der Waals surface area contributed by atoms with Crippen LogP contribution in [0.25, 0.3) is 0 Å². The Morgan fingerprint density at radius 2 is 1.70 bits per heavy atom. The maximum absolute atomic E-state index is 13.7. The van der Waals surface area contributed by atoms with E-state index in [0.29, 0.717) is 27.2 Å². The first-order valence-corrected chi connectivity index (χ1v) is 8.45. The van der Waals surface area contributed by atoms with Crippen molar-refractivity contribution in [2.75, 3.05) is 0 Å². The predicted octanol–water partition coefficient (Wildman–Crippen LogP) is 4.69. The molecule has 0 aliphatic carbocycles. The zero-order valence-electron chi connectivity index (χ0n) is 12.1. The molecule has 0 aromatic heterocycles. The third-order valence-electron chi connectivity index (χ3n) is 4.62. The second kappa shape index (κ2) is 5.51. The normalized spacial score (nSPS) is 29.2. The van der Waals surface area contributed by atoms with E-state index < -0.39 is 0 Å². The Kier molecular flexibility index (Phi) is 3.89. The molecule has 2 aliphatic rings. The summed E-state index contributed by atoms with van der Waals surface area (Å²) in [4.78, 5) is 12.7. The largest absolute Gasteiger partial charge is 0.294 e. The Hall–Kier alpha value is -0.830. The molecule has 2 bridgehead atoms. The number of carbonyl (C=O) groups excluding carboxylic acids is 1. The van der Waals surface area contributed by atoms with Gasteiger partial charge in [0.05, 0.1) is 0 Å². The van der Waals surface area contributed by atoms with Crippen LogP contribution in [0.15, 0.2) is 12.1 Å². The van der Waals surface area contributed by atoms with Gasteiger partial charge in [-0.05, 0) is 62.8 Å². The first kappa shape index (κ1) is 14.1. The fraction of sp³-hybridized carbons (Fsp3) is 0.588. The van der Waals surface area contributed by atoms with Crippen LogP contribution >= 0.6 is 11.8 Å². The Balaban J connectivity index is 1.82. The quantitative estimate of drug-likeness (QED) is 0.736. The molecule has 0 N–H and O–H groups in total. The van der Waals surface area contributed by atoms with Gasteiger partial charge < -0.3 is 0 Å². The van der Waals surface area contributed by atoms with E-state index in [4.69, 9.17) is 0 Å². The van der Waals surface area contributed by atoms with Crippen LogP contribution in [0.4, 0.5) is 4.39 Å². The van der Waals surface area contributed by atoms with Crippen LogP contribution in [0.2, 0.25) is 0 Å². The molecule has 0 radical (unpaired) electrons. The number of ketones is 1. The van der Waals surface area contributed by atoms with E-state index in [-0.39, 0.29) is 17.5 Å². The van der Waals surface area contributed by atoms with Gasteiger partial charge in [0.2, 0.25) is 0 Å². The van der Waals surface area contributed by atoms with Crippen molar-refractivity contribution in [2.24, 2.45) is 5.92 Å². The summed E-state index contributed by atoms with van der Waals surface area (Å²) >= 11 is 2.09. The molecule has 2 aliphatic heterocycles. The summed E-state index contributed by atoms with van der Waals surface area (Å²) < 4.78 is 13.7. The highest BCUT2D eigenvalue weighted by molar-refractivity contribution is 8.00. The molecule has 20 heavy (non-hydrogen) atoms. The van der Waals surface area contributed by atoms with Gasteiger partial charge >= 0.3 is 0 Å². The minimum absolute atomic E-state index is 0.149. The molecule has 1 nitrogen and oxygen atoms in total. The van der Waals surface area contributed by atoms with Crippen LogP contribution in [0.1, 0.15) is 53.6 Å². The number of fused-ring (bicyclic) bond motifs is 2. The number of benzene rings is 1. The maximum Gasteiger partial charge on any atom is 0.166 e.